The van der Waals surface area contributed by atoms with E-state index >= 15 is 0 Å². The second-order valence-corrected chi connectivity index (χ2v) is 3.25. The molecule has 0 N–H and O–H groups in total. The normalized spacial score (nSPS) is 12.9. The third-order valence-electron chi connectivity index (χ3n) is 2.12. The maximum Gasteiger partial charge on any atom is 0.318 e. The molecule has 1 heterocycles. The number of nitrogens with zero attached hydrogens (tertiary/aromatic N) is 3. The van der Waals surface area contributed by atoms with Crippen LogP contribution in [0.5, 0.6) is 0 Å². The van der Waals surface area contributed by atoms with Gasteiger partial charge in [-0.15, -0.1) is 16.7 Å². The minimum Gasteiger partial charge on any atom is -0.407 e. The number of hydrogen-bond donors (Lipinski definition) is 0. The molecule has 0 bridgehead atoms. The van der Waals surface area contributed by atoms with Crippen LogP contribution in [0.1, 0.15) is 26.2 Å². The Bertz CT molecular complexity index is 264. The Morgan fingerprint density at radius 3 is 2.69 bits per heavy atom. The smallest absolute Gasteiger partial charge is 0.318 e. The molecule has 0 radical (unpaired) electrons. The first-order valence-electron chi connectivity index (χ1n) is 4.30. The zero-order valence-corrected chi connectivity index (χ0v) is 8.88. The first-order valence-corrected chi connectivity index (χ1v) is 4.83. The minimum atomic E-state index is 0.265. The molecule has 0 saturated carbocycles. The minimum absolute atomic E-state index is 0.265. The van der Waals surface area contributed by atoms with Crippen LogP contribution >= 0.6 is 11.6 Å². The maximum absolute atomic E-state index is 5.54. The molecule has 1 unspecified atom stereocenters. The summed E-state index contributed by atoms with van der Waals surface area (Å²) in [5.41, 5.74) is 0. The molecule has 0 aliphatic carbocycles. The Hall–Kier alpha value is -0.770. The van der Waals surface area contributed by atoms with Gasteiger partial charge < -0.3 is 9.32 Å². The van der Waals surface area contributed by atoms with Crippen LogP contribution in [-0.2, 0) is 5.88 Å². The van der Waals surface area contributed by atoms with Gasteiger partial charge in [-0.3, -0.25) is 0 Å². The van der Waals surface area contributed by atoms with Crippen LogP contribution in [0.3, 0.4) is 0 Å². The van der Waals surface area contributed by atoms with Crippen molar-refractivity contribution in [1.82, 2.24) is 10.2 Å². The molecule has 1 aromatic rings. The molecular weight excluding hydrogens is 190 g/mol. The van der Waals surface area contributed by atoms with Gasteiger partial charge >= 0.3 is 6.01 Å². The van der Waals surface area contributed by atoms with Crippen LogP contribution in [0.4, 0.5) is 6.01 Å². The highest BCUT2D eigenvalue weighted by Gasteiger charge is 2.14. The van der Waals surface area contributed by atoms with Crippen molar-refractivity contribution in [3.63, 3.8) is 0 Å². The number of halogens is 1. The van der Waals surface area contributed by atoms with Crippen LogP contribution < -0.4 is 4.90 Å². The van der Waals surface area contributed by atoms with Crippen molar-refractivity contribution in [1.29, 1.82) is 0 Å². The molecule has 0 aliphatic heterocycles. The Morgan fingerprint density at radius 2 is 2.23 bits per heavy atom. The van der Waals surface area contributed by atoms with E-state index in [1.54, 1.807) is 0 Å². The Labute approximate surface area is 82.9 Å². The summed E-state index contributed by atoms with van der Waals surface area (Å²) >= 11 is 5.54. The number of anilines is 1. The predicted molar refractivity (Wildman–Crippen MR) is 52.0 cm³/mol. The van der Waals surface area contributed by atoms with Gasteiger partial charge in [-0.25, -0.2) is 0 Å². The van der Waals surface area contributed by atoms with E-state index in [2.05, 4.69) is 24.0 Å². The molecule has 0 aliphatic rings. The quantitative estimate of drug-likeness (QED) is 0.703. The molecular formula is C8H14ClN3O. The van der Waals surface area contributed by atoms with Crippen molar-refractivity contribution in [2.45, 2.75) is 32.2 Å². The van der Waals surface area contributed by atoms with Crippen molar-refractivity contribution in [2.24, 2.45) is 0 Å². The molecule has 74 valence electrons. The zero-order chi connectivity index (χ0) is 9.84. The van der Waals surface area contributed by atoms with Crippen LogP contribution in [0.2, 0.25) is 0 Å². The third kappa shape index (κ3) is 2.34. The number of alkyl halides is 1. The lowest BCUT2D eigenvalue weighted by Crippen LogP contribution is -2.28. The lowest BCUT2D eigenvalue weighted by molar-refractivity contribution is 0.488. The molecule has 13 heavy (non-hydrogen) atoms. The lowest BCUT2D eigenvalue weighted by Gasteiger charge is -2.20. The highest BCUT2D eigenvalue weighted by atomic mass is 35.5. The molecule has 0 fully saturated rings. The van der Waals surface area contributed by atoms with Crippen LogP contribution in [-0.4, -0.2) is 23.3 Å². The van der Waals surface area contributed by atoms with E-state index in [0.717, 1.165) is 6.42 Å². The largest absolute Gasteiger partial charge is 0.407 e. The average molecular weight is 204 g/mol. The zero-order valence-electron chi connectivity index (χ0n) is 8.12. The summed E-state index contributed by atoms with van der Waals surface area (Å²) in [5.74, 6) is 0.730. The van der Waals surface area contributed by atoms with Crippen molar-refractivity contribution in [2.75, 3.05) is 11.9 Å². The molecule has 0 saturated heterocycles. The first kappa shape index (κ1) is 10.3. The fourth-order valence-electron chi connectivity index (χ4n) is 0.904. The molecule has 1 aromatic heterocycles. The van der Waals surface area contributed by atoms with Crippen molar-refractivity contribution >= 4 is 17.6 Å². The van der Waals surface area contributed by atoms with Gasteiger partial charge in [0.15, 0.2) is 0 Å². The van der Waals surface area contributed by atoms with Crippen LogP contribution in [0.15, 0.2) is 4.42 Å². The molecule has 1 rings (SSSR count). The predicted octanol–water partition coefficient (Wildman–Crippen LogP) is 2.04. The number of aromatic nitrogens is 2. The summed E-state index contributed by atoms with van der Waals surface area (Å²) in [6, 6.07) is 0.925. The molecule has 1 atom stereocenters. The number of hydrogen-bond acceptors (Lipinski definition) is 4. The second-order valence-electron chi connectivity index (χ2n) is 2.98. The van der Waals surface area contributed by atoms with Crippen molar-refractivity contribution in [3.05, 3.63) is 5.89 Å². The summed E-state index contributed by atoms with van der Waals surface area (Å²) in [6.45, 7) is 4.21. The van der Waals surface area contributed by atoms with Crippen LogP contribution in [0.25, 0.3) is 0 Å². The van der Waals surface area contributed by atoms with Gasteiger partial charge in [0.1, 0.15) is 5.88 Å². The summed E-state index contributed by atoms with van der Waals surface area (Å²) < 4.78 is 5.29. The summed E-state index contributed by atoms with van der Waals surface area (Å²) in [6.07, 6.45) is 1.04. The van der Waals surface area contributed by atoms with Crippen LogP contribution in [0, 0.1) is 0 Å². The maximum atomic E-state index is 5.54. The fraction of sp³-hybridized carbons (Fsp3) is 0.750. The van der Waals surface area contributed by atoms with E-state index in [4.69, 9.17) is 16.0 Å². The van der Waals surface area contributed by atoms with E-state index in [9.17, 15) is 0 Å². The van der Waals surface area contributed by atoms with Gasteiger partial charge in [-0.05, 0) is 13.3 Å². The van der Waals surface area contributed by atoms with Gasteiger partial charge in [-0.1, -0.05) is 12.0 Å². The summed E-state index contributed by atoms with van der Waals surface area (Å²) in [7, 11) is 1.93. The lowest BCUT2D eigenvalue weighted by atomic mass is 10.2. The summed E-state index contributed by atoms with van der Waals surface area (Å²) in [5, 5.41) is 7.66. The topological polar surface area (TPSA) is 42.2 Å². The fourth-order valence-corrected chi connectivity index (χ4v) is 1.01. The second kappa shape index (κ2) is 4.46. The van der Waals surface area contributed by atoms with E-state index in [1.165, 1.54) is 0 Å². The Morgan fingerprint density at radius 1 is 1.54 bits per heavy atom. The van der Waals surface area contributed by atoms with Gasteiger partial charge in [0.2, 0.25) is 5.89 Å². The summed E-state index contributed by atoms with van der Waals surface area (Å²) in [4.78, 5) is 1.95. The SMILES string of the molecule is CCC(C)N(C)c1nnc(CCl)o1. The molecule has 4 nitrogen and oxygen atoms in total. The standard InChI is InChI=1S/C8H14ClN3O/c1-4-6(2)12(3)8-11-10-7(5-9)13-8/h6H,4-5H2,1-3H3. The molecule has 0 amide bonds. The van der Waals surface area contributed by atoms with E-state index in [-0.39, 0.29) is 5.88 Å². The monoisotopic (exact) mass is 203 g/mol. The van der Waals surface area contributed by atoms with Gasteiger partial charge in [0.05, 0.1) is 0 Å². The van der Waals surface area contributed by atoms with Crippen molar-refractivity contribution in [3.8, 4) is 0 Å². The first-order chi connectivity index (χ1) is 6.19. The Balaban J connectivity index is 2.70. The van der Waals surface area contributed by atoms with Crippen molar-refractivity contribution < 1.29 is 4.42 Å². The van der Waals surface area contributed by atoms with Gasteiger partial charge in [-0.2, -0.15) is 0 Å². The van der Waals surface area contributed by atoms with E-state index in [1.807, 2.05) is 11.9 Å². The highest BCUT2D eigenvalue weighted by Crippen LogP contribution is 2.15. The molecule has 5 heteroatoms. The number of rotatable bonds is 4. The average Bonchev–Trinajstić information content (AvgIpc) is 2.63. The van der Waals surface area contributed by atoms with Gasteiger partial charge in [0.25, 0.3) is 0 Å². The molecule has 0 spiro atoms. The Kier molecular flexibility index (Phi) is 3.54. The molecule has 0 aromatic carbocycles. The third-order valence-corrected chi connectivity index (χ3v) is 2.35. The highest BCUT2D eigenvalue weighted by molar-refractivity contribution is 6.16. The van der Waals surface area contributed by atoms with E-state index in [0.29, 0.717) is 17.9 Å². The van der Waals surface area contributed by atoms with Gasteiger partial charge in [0, 0.05) is 13.1 Å². The van der Waals surface area contributed by atoms with E-state index < -0.39 is 0 Å².